The maximum absolute atomic E-state index is 4.84. The van der Waals surface area contributed by atoms with Gasteiger partial charge in [-0.1, -0.05) is 0 Å². The van der Waals surface area contributed by atoms with Crippen molar-refractivity contribution in [3.63, 3.8) is 0 Å². The van der Waals surface area contributed by atoms with Crippen LogP contribution < -0.4 is 0 Å². The highest BCUT2D eigenvalue weighted by Crippen LogP contribution is 2.24. The summed E-state index contributed by atoms with van der Waals surface area (Å²) in [5.74, 6) is 0. The normalized spacial score (nSPS) is 11.1. The number of aromatic nitrogens is 3. The first-order valence-electron chi connectivity index (χ1n) is 9.61. The van der Waals surface area contributed by atoms with E-state index >= 15 is 0 Å². The minimum atomic E-state index is 0.896. The van der Waals surface area contributed by atoms with E-state index in [9.17, 15) is 0 Å². The molecule has 0 saturated heterocycles. The summed E-state index contributed by atoms with van der Waals surface area (Å²) >= 11 is 0. The van der Waals surface area contributed by atoms with E-state index < -0.39 is 0 Å². The topological polar surface area (TPSA) is 38.7 Å². The fourth-order valence-corrected chi connectivity index (χ4v) is 3.66. The van der Waals surface area contributed by atoms with E-state index in [1.165, 1.54) is 33.5 Å². The highest BCUT2D eigenvalue weighted by Gasteiger charge is 2.10. The molecular formula is C24H29N3. The van der Waals surface area contributed by atoms with Gasteiger partial charge >= 0.3 is 0 Å². The summed E-state index contributed by atoms with van der Waals surface area (Å²) in [6.45, 7) is 14.8. The van der Waals surface area contributed by atoms with Crippen molar-refractivity contribution in [1.82, 2.24) is 15.0 Å². The smallest absolute Gasteiger partial charge is 0.0442 e. The Labute approximate surface area is 162 Å². The summed E-state index contributed by atoms with van der Waals surface area (Å²) in [5, 5.41) is 0. The number of pyridine rings is 3. The molecule has 140 valence electrons. The third-order valence-corrected chi connectivity index (χ3v) is 5.44. The Kier molecular flexibility index (Phi) is 5.41. The van der Waals surface area contributed by atoms with Crippen molar-refractivity contribution in [2.24, 2.45) is 0 Å². The van der Waals surface area contributed by atoms with Gasteiger partial charge in [-0.05, 0) is 113 Å². The summed E-state index contributed by atoms with van der Waals surface area (Å²) in [5.41, 5.74) is 13.0. The monoisotopic (exact) mass is 359 g/mol. The van der Waals surface area contributed by atoms with Crippen LogP contribution in [0.25, 0.3) is 11.1 Å². The molecule has 0 atom stereocenters. The lowest BCUT2D eigenvalue weighted by atomic mass is 9.98. The van der Waals surface area contributed by atoms with Gasteiger partial charge < -0.3 is 0 Å². The number of hydrogen-bond donors (Lipinski definition) is 0. The Morgan fingerprint density at radius 2 is 1.11 bits per heavy atom. The Morgan fingerprint density at radius 3 is 1.74 bits per heavy atom. The highest BCUT2D eigenvalue weighted by molar-refractivity contribution is 5.65. The fraction of sp³-hybridized carbons (Fsp3) is 0.375. The van der Waals surface area contributed by atoms with Crippen LogP contribution in [0.15, 0.2) is 24.3 Å². The molecule has 0 spiro atoms. The largest absolute Gasteiger partial charge is 0.258 e. The van der Waals surface area contributed by atoms with Crippen molar-refractivity contribution >= 4 is 0 Å². The van der Waals surface area contributed by atoms with Crippen LogP contribution in [-0.4, -0.2) is 15.0 Å². The molecular weight excluding hydrogens is 330 g/mol. The Bertz CT molecular complexity index is 983. The minimum absolute atomic E-state index is 0.896. The second kappa shape index (κ2) is 7.59. The van der Waals surface area contributed by atoms with Gasteiger partial charge in [0, 0.05) is 34.2 Å². The fourth-order valence-electron chi connectivity index (χ4n) is 3.66. The van der Waals surface area contributed by atoms with Crippen molar-refractivity contribution in [1.29, 1.82) is 0 Å². The molecule has 0 aliphatic carbocycles. The zero-order valence-corrected chi connectivity index (χ0v) is 17.6. The highest BCUT2D eigenvalue weighted by atomic mass is 14.7. The van der Waals surface area contributed by atoms with Gasteiger partial charge in [0.2, 0.25) is 0 Å². The molecule has 3 rings (SSSR count). The molecule has 0 fully saturated rings. The van der Waals surface area contributed by atoms with Gasteiger partial charge in [-0.25, -0.2) is 0 Å². The maximum Gasteiger partial charge on any atom is 0.0442 e. The quantitative estimate of drug-likeness (QED) is 0.619. The first-order valence-corrected chi connectivity index (χ1v) is 9.61. The molecule has 0 amide bonds. The van der Waals surface area contributed by atoms with Gasteiger partial charge in [0.15, 0.2) is 0 Å². The average molecular weight is 360 g/mol. The Morgan fingerprint density at radius 1 is 0.556 bits per heavy atom. The van der Waals surface area contributed by atoms with Crippen LogP contribution in [0.5, 0.6) is 0 Å². The number of rotatable bonds is 4. The van der Waals surface area contributed by atoms with Crippen LogP contribution in [0.3, 0.4) is 0 Å². The summed E-state index contributed by atoms with van der Waals surface area (Å²) in [6.07, 6.45) is 1.81. The molecule has 0 radical (unpaired) electrons. The molecule has 0 unspecified atom stereocenters. The van der Waals surface area contributed by atoms with Crippen LogP contribution in [0, 0.1) is 48.5 Å². The van der Waals surface area contributed by atoms with Crippen molar-refractivity contribution in [2.75, 3.05) is 0 Å². The summed E-state index contributed by atoms with van der Waals surface area (Å²) < 4.78 is 0. The van der Waals surface area contributed by atoms with Crippen LogP contribution in [0.1, 0.15) is 50.9 Å². The van der Waals surface area contributed by atoms with Gasteiger partial charge in [-0.2, -0.15) is 0 Å². The van der Waals surface area contributed by atoms with Crippen LogP contribution in [-0.2, 0) is 12.8 Å². The Balaban J connectivity index is 1.90. The number of hydrogen-bond acceptors (Lipinski definition) is 3. The summed E-state index contributed by atoms with van der Waals surface area (Å²) in [4.78, 5) is 14.1. The van der Waals surface area contributed by atoms with E-state index in [2.05, 4.69) is 63.9 Å². The van der Waals surface area contributed by atoms with Gasteiger partial charge in [0.05, 0.1) is 0 Å². The molecule has 3 nitrogen and oxygen atoms in total. The summed E-state index contributed by atoms with van der Waals surface area (Å²) in [6, 6.07) is 8.65. The van der Waals surface area contributed by atoms with Gasteiger partial charge in [-0.3, -0.25) is 15.0 Å². The summed E-state index contributed by atoms with van der Waals surface area (Å²) in [7, 11) is 0. The van der Waals surface area contributed by atoms with E-state index in [4.69, 9.17) is 9.97 Å². The minimum Gasteiger partial charge on any atom is -0.258 e. The lowest BCUT2D eigenvalue weighted by Crippen LogP contribution is -2.05. The zero-order valence-electron chi connectivity index (χ0n) is 17.6. The third kappa shape index (κ3) is 4.24. The molecule has 0 N–H and O–H groups in total. The molecule has 3 heterocycles. The average Bonchev–Trinajstić information content (AvgIpc) is 2.60. The first kappa shape index (κ1) is 19.2. The molecule has 0 aromatic carbocycles. The second-order valence-electron chi connectivity index (χ2n) is 7.65. The van der Waals surface area contributed by atoms with Crippen LogP contribution in [0.2, 0.25) is 0 Å². The molecule has 27 heavy (non-hydrogen) atoms. The second-order valence-corrected chi connectivity index (χ2v) is 7.65. The molecule has 0 bridgehead atoms. The van der Waals surface area contributed by atoms with Crippen molar-refractivity contribution < 1.29 is 0 Å². The molecule has 0 saturated carbocycles. The molecule has 0 aliphatic rings. The van der Waals surface area contributed by atoms with Crippen LogP contribution >= 0.6 is 0 Å². The predicted molar refractivity (Wildman–Crippen MR) is 112 cm³/mol. The van der Waals surface area contributed by atoms with Crippen LogP contribution in [0.4, 0.5) is 0 Å². The van der Waals surface area contributed by atoms with Gasteiger partial charge in [-0.15, -0.1) is 0 Å². The van der Waals surface area contributed by atoms with E-state index in [1.807, 2.05) is 13.8 Å². The zero-order chi connectivity index (χ0) is 19.7. The standard InChI is InChI=1S/C24H29N3/c1-14-10-21(11-15(2)25-14)22-12-16(3)26-23(13-22)8-9-24-19(6)17(4)18(5)20(7)27-24/h10-13H,8-9H2,1-7H3. The van der Waals surface area contributed by atoms with Crippen molar-refractivity contribution in [3.05, 3.63) is 75.1 Å². The molecule has 3 heteroatoms. The number of nitrogens with zero attached hydrogens (tertiary/aromatic N) is 3. The van der Waals surface area contributed by atoms with E-state index in [0.717, 1.165) is 41.3 Å². The predicted octanol–water partition coefficient (Wildman–Crippen LogP) is 5.48. The SMILES string of the molecule is Cc1cc(-c2cc(C)nc(CCc3nc(C)c(C)c(C)c3C)c2)cc(C)n1. The first-order chi connectivity index (χ1) is 12.7. The van der Waals surface area contributed by atoms with Gasteiger partial charge in [0.25, 0.3) is 0 Å². The molecule has 3 aromatic rings. The Hall–Kier alpha value is -2.55. The molecule has 3 aromatic heterocycles. The number of aryl methyl sites for hydroxylation is 6. The molecule has 0 aliphatic heterocycles. The lowest BCUT2D eigenvalue weighted by Gasteiger charge is -2.13. The van der Waals surface area contributed by atoms with Crippen molar-refractivity contribution in [2.45, 2.75) is 61.3 Å². The van der Waals surface area contributed by atoms with Crippen molar-refractivity contribution in [3.8, 4) is 11.1 Å². The van der Waals surface area contributed by atoms with E-state index in [0.29, 0.717) is 0 Å². The van der Waals surface area contributed by atoms with Gasteiger partial charge in [0.1, 0.15) is 0 Å². The van der Waals surface area contributed by atoms with E-state index in [1.54, 1.807) is 0 Å². The maximum atomic E-state index is 4.84. The lowest BCUT2D eigenvalue weighted by molar-refractivity contribution is 0.848. The van der Waals surface area contributed by atoms with E-state index in [-0.39, 0.29) is 0 Å². The third-order valence-electron chi connectivity index (χ3n) is 5.44.